The molecule has 304 valence electrons. The Labute approximate surface area is 373 Å². The monoisotopic (exact) mass is 820 g/mol. The van der Waals surface area contributed by atoms with Crippen molar-refractivity contribution in [3.05, 3.63) is 223 Å². The highest BCUT2D eigenvalue weighted by atomic mass is 15.0. The van der Waals surface area contributed by atoms with Gasteiger partial charge in [-0.05, 0) is 129 Å². The number of rotatable bonds is 7. The fourth-order valence-corrected chi connectivity index (χ4v) is 9.96. The molecule has 0 bridgehead atoms. The smallest absolute Gasteiger partial charge is 0.164 e. The molecule has 0 atom stereocenters. The van der Waals surface area contributed by atoms with E-state index in [1.54, 1.807) is 0 Å². The molecule has 2 aliphatic rings. The maximum Gasteiger partial charge on any atom is 0.164 e. The number of aromatic nitrogens is 4. The van der Waals surface area contributed by atoms with Gasteiger partial charge in [0.2, 0.25) is 0 Å². The van der Waals surface area contributed by atoms with Crippen molar-refractivity contribution in [3.63, 3.8) is 0 Å². The molecule has 12 rings (SSSR count). The third-order valence-corrected chi connectivity index (χ3v) is 13.2. The van der Waals surface area contributed by atoms with E-state index in [-0.39, 0.29) is 5.41 Å². The van der Waals surface area contributed by atoms with Crippen LogP contribution in [0.15, 0.2) is 206 Å². The molecule has 0 fully saturated rings. The van der Waals surface area contributed by atoms with Crippen LogP contribution in [0.2, 0.25) is 0 Å². The van der Waals surface area contributed by atoms with Gasteiger partial charge in [-0.1, -0.05) is 159 Å². The Bertz CT molecular complexity index is 3450. The quantitative estimate of drug-likeness (QED) is 0.161. The molecule has 0 N–H and O–H groups in total. The van der Waals surface area contributed by atoms with Crippen LogP contribution in [0.3, 0.4) is 0 Å². The summed E-state index contributed by atoms with van der Waals surface area (Å²) in [5, 5.41) is 2.40. The van der Waals surface area contributed by atoms with Crippen molar-refractivity contribution in [2.45, 2.75) is 32.1 Å². The first-order valence-electron chi connectivity index (χ1n) is 22.2. The van der Waals surface area contributed by atoms with Gasteiger partial charge in [-0.2, -0.15) is 0 Å². The minimum Gasteiger partial charge on any atom is -0.309 e. The Hall–Kier alpha value is -7.95. The highest BCUT2D eigenvalue weighted by Gasteiger charge is 2.36. The van der Waals surface area contributed by atoms with Gasteiger partial charge in [-0.25, -0.2) is 15.0 Å². The molecule has 2 aromatic heterocycles. The second-order valence-electron chi connectivity index (χ2n) is 17.6. The molecule has 4 nitrogen and oxygen atoms in total. The van der Waals surface area contributed by atoms with Crippen LogP contribution in [0.1, 0.15) is 43.4 Å². The fourth-order valence-electron chi connectivity index (χ4n) is 9.96. The van der Waals surface area contributed by atoms with Crippen LogP contribution in [-0.2, 0) is 5.41 Å². The third-order valence-electron chi connectivity index (χ3n) is 13.2. The molecule has 0 radical (unpaired) electrons. The van der Waals surface area contributed by atoms with Crippen molar-refractivity contribution in [2.24, 2.45) is 0 Å². The van der Waals surface area contributed by atoms with E-state index in [2.05, 4.69) is 225 Å². The number of hydrogen-bond donors (Lipinski definition) is 0. The normalized spacial score (nSPS) is 13.8. The number of allylic oxidation sites excluding steroid dienone is 4. The Kier molecular flexibility index (Phi) is 8.94. The highest BCUT2D eigenvalue weighted by molar-refractivity contribution is 6.12. The Morgan fingerprint density at radius 1 is 0.406 bits per heavy atom. The zero-order valence-electron chi connectivity index (χ0n) is 35.8. The van der Waals surface area contributed by atoms with Crippen molar-refractivity contribution in [1.29, 1.82) is 0 Å². The first-order chi connectivity index (χ1) is 31.5. The molecule has 1 aliphatic carbocycles. The van der Waals surface area contributed by atoms with Gasteiger partial charge >= 0.3 is 0 Å². The van der Waals surface area contributed by atoms with Crippen molar-refractivity contribution >= 4 is 27.4 Å². The molecular formula is C60H44N4. The molecular weight excluding hydrogens is 777 g/mol. The summed E-state index contributed by atoms with van der Waals surface area (Å²) in [6.07, 6.45) is 8.93. The Morgan fingerprint density at radius 2 is 0.891 bits per heavy atom. The standard InChI is InChI=1S/C60H44N4/c1-60(2)52-28-16-18-30-55(52)64-54-29-17-15-27-50(54)51-37-49(38-53(60)56(51)64)59-62-57(47-33-43(39-19-7-3-8-20-39)31-44(34-47)40-21-9-4-10-22-40)61-58(63-59)48-35-45(41-23-11-5-12-24-41)32-46(36-48)42-25-13-6-14-26-42/h3-5,7-13,15-38H,6,14H2,1-2H3. The zero-order chi connectivity index (χ0) is 42.8. The number of para-hydroxylation sites is 2. The van der Waals surface area contributed by atoms with E-state index >= 15 is 0 Å². The molecule has 0 saturated heterocycles. The van der Waals surface area contributed by atoms with Gasteiger partial charge in [0.05, 0.1) is 16.7 Å². The van der Waals surface area contributed by atoms with Crippen molar-refractivity contribution in [1.82, 2.24) is 19.5 Å². The van der Waals surface area contributed by atoms with E-state index in [0.29, 0.717) is 17.5 Å². The van der Waals surface area contributed by atoms with E-state index in [1.165, 1.54) is 44.2 Å². The van der Waals surface area contributed by atoms with Crippen LogP contribution >= 0.6 is 0 Å². The molecule has 3 heterocycles. The van der Waals surface area contributed by atoms with E-state index < -0.39 is 0 Å². The molecule has 4 heteroatoms. The average Bonchev–Trinajstić information content (AvgIpc) is 3.70. The van der Waals surface area contributed by atoms with Gasteiger partial charge in [0.25, 0.3) is 0 Å². The van der Waals surface area contributed by atoms with Crippen molar-refractivity contribution in [2.75, 3.05) is 0 Å². The summed E-state index contributed by atoms with van der Waals surface area (Å²) in [4.78, 5) is 16.4. The summed E-state index contributed by atoms with van der Waals surface area (Å²) in [6, 6.07) is 67.6. The lowest BCUT2D eigenvalue weighted by Crippen LogP contribution is -2.26. The average molecular weight is 821 g/mol. The molecule has 0 saturated carbocycles. The number of fused-ring (bicyclic) bond motifs is 5. The van der Waals surface area contributed by atoms with Crippen LogP contribution in [0, 0.1) is 0 Å². The topological polar surface area (TPSA) is 43.6 Å². The summed E-state index contributed by atoms with van der Waals surface area (Å²) in [5.41, 5.74) is 17.8. The predicted octanol–water partition coefficient (Wildman–Crippen LogP) is 15.3. The number of nitrogens with zero attached hydrogens (tertiary/aromatic N) is 4. The summed E-state index contributed by atoms with van der Waals surface area (Å²) in [6.45, 7) is 4.70. The van der Waals surface area contributed by atoms with Gasteiger partial charge in [-0.3, -0.25) is 0 Å². The lowest BCUT2D eigenvalue weighted by molar-refractivity contribution is 0.630. The van der Waals surface area contributed by atoms with Crippen LogP contribution in [0.25, 0.3) is 101 Å². The van der Waals surface area contributed by atoms with Crippen LogP contribution in [-0.4, -0.2) is 19.5 Å². The fraction of sp³-hybridized carbons (Fsp3) is 0.0833. The second kappa shape index (κ2) is 15.1. The highest BCUT2D eigenvalue weighted by Crippen LogP contribution is 2.49. The number of benzene rings is 8. The van der Waals surface area contributed by atoms with Crippen molar-refractivity contribution in [3.8, 4) is 73.2 Å². The second-order valence-corrected chi connectivity index (χ2v) is 17.6. The Morgan fingerprint density at radius 3 is 1.47 bits per heavy atom. The summed E-state index contributed by atoms with van der Waals surface area (Å²) < 4.78 is 2.46. The van der Waals surface area contributed by atoms with E-state index in [4.69, 9.17) is 15.0 Å². The minimum atomic E-state index is -0.289. The lowest BCUT2D eigenvalue weighted by Gasteiger charge is -2.35. The maximum absolute atomic E-state index is 5.49. The SMILES string of the molecule is CC1(C)c2ccccc2-n2c3ccccc3c3cc(-c4nc(-c5cc(C6=CCCC=C6)cc(-c6ccccc6)c5)nc(-c5cc(-c6ccccc6)cc(-c6ccccc6)c5)n4)cc1c32. The minimum absolute atomic E-state index is 0.289. The molecule has 0 unspecified atom stereocenters. The van der Waals surface area contributed by atoms with E-state index in [0.717, 1.165) is 68.5 Å². The van der Waals surface area contributed by atoms with Gasteiger partial charge in [0, 0.05) is 32.9 Å². The van der Waals surface area contributed by atoms with Crippen LogP contribution < -0.4 is 0 Å². The van der Waals surface area contributed by atoms with Crippen LogP contribution in [0.4, 0.5) is 0 Å². The summed E-state index contributed by atoms with van der Waals surface area (Å²) in [5.74, 6) is 1.89. The van der Waals surface area contributed by atoms with Gasteiger partial charge in [-0.15, -0.1) is 0 Å². The lowest BCUT2D eigenvalue weighted by atomic mass is 9.74. The summed E-state index contributed by atoms with van der Waals surface area (Å²) in [7, 11) is 0. The molecule has 1 aliphatic heterocycles. The van der Waals surface area contributed by atoms with Crippen molar-refractivity contribution < 1.29 is 0 Å². The molecule has 0 spiro atoms. The number of hydrogen-bond acceptors (Lipinski definition) is 3. The largest absolute Gasteiger partial charge is 0.309 e. The van der Waals surface area contributed by atoms with Gasteiger partial charge in [0.15, 0.2) is 17.5 Å². The maximum atomic E-state index is 5.49. The van der Waals surface area contributed by atoms with E-state index in [1.807, 2.05) is 0 Å². The zero-order valence-corrected chi connectivity index (χ0v) is 35.8. The molecule has 0 amide bonds. The third kappa shape index (κ3) is 6.41. The first kappa shape index (κ1) is 37.8. The predicted molar refractivity (Wildman–Crippen MR) is 265 cm³/mol. The summed E-state index contributed by atoms with van der Waals surface area (Å²) >= 11 is 0. The van der Waals surface area contributed by atoms with Crippen LogP contribution in [0.5, 0.6) is 0 Å². The molecule has 64 heavy (non-hydrogen) atoms. The first-order valence-corrected chi connectivity index (χ1v) is 22.2. The van der Waals surface area contributed by atoms with Gasteiger partial charge in [0.1, 0.15) is 0 Å². The van der Waals surface area contributed by atoms with E-state index in [9.17, 15) is 0 Å². The molecule has 8 aromatic carbocycles. The Balaban J connectivity index is 1.14. The van der Waals surface area contributed by atoms with Gasteiger partial charge < -0.3 is 4.57 Å². The molecule has 10 aromatic rings.